The van der Waals surface area contributed by atoms with Crippen LogP contribution in [-0.2, 0) is 4.74 Å². The summed E-state index contributed by atoms with van der Waals surface area (Å²) < 4.78 is 11.7. The van der Waals surface area contributed by atoms with Gasteiger partial charge in [-0.15, -0.1) is 0 Å². The quantitative estimate of drug-likeness (QED) is 0.474. The van der Waals surface area contributed by atoms with Crippen LogP contribution in [0.4, 0.5) is 5.69 Å². The van der Waals surface area contributed by atoms with Crippen LogP contribution < -0.4 is 4.74 Å². The highest BCUT2D eigenvalue weighted by Crippen LogP contribution is 2.30. The fourth-order valence-corrected chi connectivity index (χ4v) is 2.85. The largest absolute Gasteiger partial charge is 0.489 e. The summed E-state index contributed by atoms with van der Waals surface area (Å²) in [6.45, 7) is 6.85. The lowest BCUT2D eigenvalue weighted by Gasteiger charge is -2.29. The second-order valence-corrected chi connectivity index (χ2v) is 7.30. The van der Waals surface area contributed by atoms with Gasteiger partial charge in [0.2, 0.25) is 6.41 Å². The molecular formula is C15H21BrN2O5. The van der Waals surface area contributed by atoms with Crippen LogP contribution in [0.1, 0.15) is 27.2 Å². The Balaban J connectivity index is 1.93. The number of halogens is 1. The smallest absolute Gasteiger partial charge is 0.283 e. The van der Waals surface area contributed by atoms with Crippen LogP contribution in [0, 0.1) is 10.1 Å². The number of ether oxygens (including phenoxy) is 2. The van der Waals surface area contributed by atoms with Crippen LogP contribution in [0.2, 0.25) is 0 Å². The first-order valence-electron chi connectivity index (χ1n) is 7.36. The molecule has 1 aliphatic heterocycles. The standard InChI is InChI=1S/C15H21BrN2O5/c1-15(2,3)23-14(19)17-7-6-11(9-17)22-10-4-5-13(18(20)21)12(16)8-10/h4-5,8,11,14,19H,6-7,9H2,1-3H3/t11?,14-/m0/s1. The zero-order chi connectivity index (χ0) is 17.2. The summed E-state index contributed by atoms with van der Waals surface area (Å²) in [4.78, 5) is 12.1. The van der Waals surface area contributed by atoms with E-state index in [4.69, 9.17) is 9.47 Å². The maximum absolute atomic E-state index is 10.8. The number of hydrogen-bond acceptors (Lipinski definition) is 6. The van der Waals surface area contributed by atoms with Crippen molar-refractivity contribution in [1.29, 1.82) is 0 Å². The summed E-state index contributed by atoms with van der Waals surface area (Å²) in [5, 5.41) is 20.9. The number of nitro groups is 1. The van der Waals surface area contributed by atoms with E-state index in [9.17, 15) is 15.2 Å². The van der Waals surface area contributed by atoms with Crippen LogP contribution in [-0.4, -0.2) is 46.1 Å². The van der Waals surface area contributed by atoms with Gasteiger partial charge in [-0.25, -0.2) is 0 Å². The third kappa shape index (κ3) is 5.13. The van der Waals surface area contributed by atoms with Gasteiger partial charge in [0.25, 0.3) is 5.69 Å². The fraction of sp³-hybridized carbons (Fsp3) is 0.600. The molecule has 0 aliphatic carbocycles. The molecule has 0 bridgehead atoms. The van der Waals surface area contributed by atoms with E-state index in [0.29, 0.717) is 23.3 Å². The molecule has 1 unspecified atom stereocenters. The number of rotatable bonds is 5. The minimum Gasteiger partial charge on any atom is -0.489 e. The molecule has 8 heteroatoms. The molecule has 0 radical (unpaired) electrons. The number of nitrogens with zero attached hydrogens (tertiary/aromatic N) is 2. The van der Waals surface area contributed by atoms with Crippen molar-refractivity contribution in [2.24, 2.45) is 0 Å². The SMILES string of the molecule is CC(C)(C)O[C@H](O)N1CCC(Oc2ccc([N+](=O)[O-])c(Br)c2)C1. The minimum absolute atomic E-state index is 0.000558. The topological polar surface area (TPSA) is 85.1 Å². The average molecular weight is 389 g/mol. The van der Waals surface area contributed by atoms with Crippen LogP contribution in [0.5, 0.6) is 5.75 Å². The maximum Gasteiger partial charge on any atom is 0.283 e. The van der Waals surface area contributed by atoms with Gasteiger partial charge >= 0.3 is 0 Å². The summed E-state index contributed by atoms with van der Waals surface area (Å²) in [6.07, 6.45) is -0.312. The highest BCUT2D eigenvalue weighted by Gasteiger charge is 2.31. The first kappa shape index (κ1) is 18.1. The summed E-state index contributed by atoms with van der Waals surface area (Å²) >= 11 is 3.17. The van der Waals surface area contributed by atoms with E-state index < -0.39 is 16.9 Å². The molecule has 0 saturated carbocycles. The van der Waals surface area contributed by atoms with Gasteiger partial charge in [-0.2, -0.15) is 0 Å². The average Bonchev–Trinajstić information content (AvgIpc) is 2.85. The van der Waals surface area contributed by atoms with E-state index in [1.54, 1.807) is 17.0 Å². The van der Waals surface area contributed by atoms with Gasteiger partial charge in [0, 0.05) is 25.2 Å². The third-order valence-electron chi connectivity index (χ3n) is 3.37. The first-order valence-corrected chi connectivity index (χ1v) is 8.15. The number of likely N-dealkylation sites (tertiary alicyclic amines) is 1. The van der Waals surface area contributed by atoms with Gasteiger partial charge in [0.05, 0.1) is 15.0 Å². The first-order chi connectivity index (χ1) is 10.7. The number of hydrogen-bond donors (Lipinski definition) is 1. The molecule has 0 amide bonds. The van der Waals surface area contributed by atoms with E-state index in [-0.39, 0.29) is 11.8 Å². The highest BCUT2D eigenvalue weighted by molar-refractivity contribution is 9.10. The van der Waals surface area contributed by atoms with Crippen molar-refractivity contribution in [3.63, 3.8) is 0 Å². The predicted molar refractivity (Wildman–Crippen MR) is 88.2 cm³/mol. The molecule has 23 heavy (non-hydrogen) atoms. The molecule has 0 aromatic heterocycles. The van der Waals surface area contributed by atoms with Crippen molar-refractivity contribution in [3.8, 4) is 5.75 Å². The van der Waals surface area contributed by atoms with Crippen molar-refractivity contribution in [3.05, 3.63) is 32.8 Å². The summed E-state index contributed by atoms with van der Waals surface area (Å²) in [6, 6.07) is 4.57. The van der Waals surface area contributed by atoms with Crippen molar-refractivity contribution in [2.75, 3.05) is 13.1 Å². The second kappa shape index (κ2) is 7.12. The molecule has 0 spiro atoms. The molecule has 7 nitrogen and oxygen atoms in total. The van der Waals surface area contributed by atoms with Crippen molar-refractivity contribution >= 4 is 21.6 Å². The van der Waals surface area contributed by atoms with Crippen molar-refractivity contribution < 1.29 is 19.5 Å². The Morgan fingerprint density at radius 3 is 2.74 bits per heavy atom. The number of aliphatic hydroxyl groups is 1. The van der Waals surface area contributed by atoms with E-state index in [0.717, 1.165) is 6.42 Å². The zero-order valence-corrected chi connectivity index (χ0v) is 14.9. The second-order valence-electron chi connectivity index (χ2n) is 6.45. The highest BCUT2D eigenvalue weighted by atomic mass is 79.9. The van der Waals surface area contributed by atoms with Gasteiger partial charge in [0.15, 0.2) is 0 Å². The van der Waals surface area contributed by atoms with Crippen molar-refractivity contribution in [1.82, 2.24) is 4.90 Å². The normalized spacial score (nSPS) is 20.5. The molecule has 1 heterocycles. The Kier molecular flexibility index (Phi) is 5.61. The third-order valence-corrected chi connectivity index (χ3v) is 4.00. The fourth-order valence-electron chi connectivity index (χ4n) is 2.34. The Bertz CT molecular complexity index is 575. The van der Waals surface area contributed by atoms with Gasteiger partial charge < -0.3 is 14.6 Å². The van der Waals surface area contributed by atoms with Gasteiger partial charge in [0.1, 0.15) is 11.9 Å². The minimum atomic E-state index is -0.966. The molecule has 1 saturated heterocycles. The predicted octanol–water partition coefficient (Wildman–Crippen LogP) is 2.90. The van der Waals surface area contributed by atoms with Crippen LogP contribution >= 0.6 is 15.9 Å². The molecule has 1 aromatic carbocycles. The summed E-state index contributed by atoms with van der Waals surface area (Å²) in [5.74, 6) is 0.556. The zero-order valence-electron chi connectivity index (χ0n) is 13.4. The van der Waals surface area contributed by atoms with Gasteiger partial charge in [-0.3, -0.25) is 15.0 Å². The van der Waals surface area contributed by atoms with Gasteiger partial charge in [-0.1, -0.05) is 0 Å². The van der Waals surface area contributed by atoms with E-state index >= 15 is 0 Å². The molecule has 2 rings (SSSR count). The maximum atomic E-state index is 10.8. The number of aliphatic hydroxyl groups excluding tert-OH is 1. The lowest BCUT2D eigenvalue weighted by atomic mass is 10.2. The molecular weight excluding hydrogens is 368 g/mol. The summed E-state index contributed by atoms with van der Waals surface area (Å²) in [5.41, 5.74) is -0.430. The van der Waals surface area contributed by atoms with E-state index in [1.165, 1.54) is 6.07 Å². The molecule has 1 N–H and O–H groups in total. The van der Waals surface area contributed by atoms with E-state index in [2.05, 4.69) is 15.9 Å². The Labute approximate surface area is 143 Å². The molecule has 2 atom stereocenters. The Morgan fingerprint density at radius 2 is 2.17 bits per heavy atom. The van der Waals surface area contributed by atoms with E-state index in [1.807, 2.05) is 20.8 Å². The molecule has 1 aromatic rings. The van der Waals surface area contributed by atoms with Crippen LogP contribution in [0.3, 0.4) is 0 Å². The van der Waals surface area contributed by atoms with Crippen LogP contribution in [0.25, 0.3) is 0 Å². The van der Waals surface area contributed by atoms with Crippen molar-refractivity contribution in [2.45, 2.75) is 45.3 Å². The molecule has 128 valence electrons. The molecule has 1 fully saturated rings. The Hall–Kier alpha value is -1.22. The number of benzene rings is 1. The lowest BCUT2D eigenvalue weighted by Crippen LogP contribution is -2.41. The van der Waals surface area contributed by atoms with Gasteiger partial charge in [-0.05, 0) is 49.2 Å². The number of nitro benzene ring substituents is 1. The van der Waals surface area contributed by atoms with Crippen LogP contribution in [0.15, 0.2) is 22.7 Å². The molecule has 1 aliphatic rings. The monoisotopic (exact) mass is 388 g/mol. The lowest BCUT2D eigenvalue weighted by molar-refractivity contribution is -0.385. The summed E-state index contributed by atoms with van der Waals surface area (Å²) in [7, 11) is 0. The Morgan fingerprint density at radius 1 is 1.48 bits per heavy atom.